The van der Waals surface area contributed by atoms with Crippen LogP contribution in [0.25, 0.3) is 21.8 Å². The molecule has 4 rings (SSSR count). The topological polar surface area (TPSA) is 103 Å². The van der Waals surface area contributed by atoms with Crippen LogP contribution in [0, 0.1) is 13.8 Å². The van der Waals surface area contributed by atoms with Crippen LogP contribution >= 0.6 is 11.3 Å². The first kappa shape index (κ1) is 18.1. The van der Waals surface area contributed by atoms with E-state index in [-0.39, 0.29) is 11.0 Å². The molecule has 8 nitrogen and oxygen atoms in total. The van der Waals surface area contributed by atoms with Crippen molar-refractivity contribution < 1.29 is 9.32 Å². The molecule has 1 N–H and O–H groups in total. The minimum atomic E-state index is -0.495. The predicted molar refractivity (Wildman–Crippen MR) is 107 cm³/mol. The number of anilines is 1. The van der Waals surface area contributed by atoms with E-state index in [0.717, 1.165) is 5.69 Å². The molecule has 4 aromatic rings. The first-order valence-electron chi connectivity index (χ1n) is 8.68. The maximum atomic E-state index is 12.9. The summed E-state index contributed by atoms with van der Waals surface area (Å²) in [6, 6.07) is 5.21. The molecule has 4 aromatic heterocycles. The summed E-state index contributed by atoms with van der Waals surface area (Å²) in [5.41, 5.74) is 1.60. The van der Waals surface area contributed by atoms with Gasteiger partial charge in [-0.2, -0.15) is 4.98 Å². The van der Waals surface area contributed by atoms with Gasteiger partial charge in [-0.15, -0.1) is 11.3 Å². The highest BCUT2D eigenvalue weighted by atomic mass is 32.1. The molecular weight excluding hydrogens is 378 g/mol. The van der Waals surface area contributed by atoms with E-state index in [0.29, 0.717) is 39.9 Å². The lowest BCUT2D eigenvalue weighted by molar-refractivity contribution is 0.102. The van der Waals surface area contributed by atoms with Crippen LogP contribution < -0.4 is 10.7 Å². The number of amides is 1. The second-order valence-electron chi connectivity index (χ2n) is 6.25. The normalized spacial score (nSPS) is 11.1. The lowest BCUT2D eigenvalue weighted by Crippen LogP contribution is -2.24. The average Bonchev–Trinajstić information content (AvgIpc) is 3.30. The zero-order chi connectivity index (χ0) is 19.8. The zero-order valence-electron chi connectivity index (χ0n) is 15.5. The number of nitrogens with one attached hydrogen (secondary N) is 1. The molecule has 0 unspecified atom stereocenters. The van der Waals surface area contributed by atoms with Crippen LogP contribution in [0.5, 0.6) is 0 Å². The summed E-state index contributed by atoms with van der Waals surface area (Å²) < 4.78 is 6.99. The van der Waals surface area contributed by atoms with E-state index < -0.39 is 5.91 Å². The molecule has 1 amide bonds. The summed E-state index contributed by atoms with van der Waals surface area (Å²) in [7, 11) is 0. The van der Waals surface area contributed by atoms with Gasteiger partial charge < -0.3 is 14.4 Å². The third kappa shape index (κ3) is 3.09. The van der Waals surface area contributed by atoms with Crippen LogP contribution in [-0.2, 0) is 6.54 Å². The summed E-state index contributed by atoms with van der Waals surface area (Å²) in [6.45, 7) is 6.10. The Morgan fingerprint density at radius 1 is 1.25 bits per heavy atom. The van der Waals surface area contributed by atoms with Crippen LogP contribution in [0.15, 0.2) is 39.1 Å². The Balaban J connectivity index is 1.75. The fraction of sp³-hybridized carbons (Fsp3) is 0.211. The molecule has 28 heavy (non-hydrogen) atoms. The van der Waals surface area contributed by atoms with E-state index in [9.17, 15) is 9.59 Å². The molecule has 0 aliphatic carbocycles. The number of hydrogen-bond acceptors (Lipinski definition) is 7. The van der Waals surface area contributed by atoms with Crippen LogP contribution in [0.1, 0.15) is 28.8 Å². The number of carbonyl (C=O) groups is 1. The monoisotopic (exact) mass is 395 g/mol. The number of fused-ring (bicyclic) bond motifs is 1. The third-order valence-corrected chi connectivity index (χ3v) is 5.18. The third-order valence-electron chi connectivity index (χ3n) is 4.28. The second kappa shape index (κ2) is 7.01. The fourth-order valence-electron chi connectivity index (χ4n) is 2.91. The highest BCUT2D eigenvalue weighted by Gasteiger charge is 2.20. The van der Waals surface area contributed by atoms with Crippen LogP contribution in [0.4, 0.5) is 5.69 Å². The Kier molecular flexibility index (Phi) is 4.52. The standard InChI is InChI=1S/C19H17N5O3S/c1-4-24-9-13(15(25)12-6-5-10(2)20-17(12)24)18(26)22-14-7-8-28-16(14)19-21-11(3)23-27-19/h5-9H,4H2,1-3H3,(H,22,26). The van der Waals surface area contributed by atoms with E-state index in [1.54, 1.807) is 35.9 Å². The summed E-state index contributed by atoms with van der Waals surface area (Å²) >= 11 is 1.36. The van der Waals surface area contributed by atoms with Gasteiger partial charge in [0.25, 0.3) is 11.8 Å². The van der Waals surface area contributed by atoms with Gasteiger partial charge in [-0.1, -0.05) is 5.16 Å². The van der Waals surface area contributed by atoms with Crippen molar-refractivity contribution in [3.63, 3.8) is 0 Å². The first-order valence-corrected chi connectivity index (χ1v) is 9.56. The minimum absolute atomic E-state index is 0.0545. The maximum Gasteiger partial charge on any atom is 0.270 e. The Bertz CT molecular complexity index is 1250. The van der Waals surface area contributed by atoms with Crippen molar-refractivity contribution in [2.24, 2.45) is 0 Å². The van der Waals surface area contributed by atoms with Gasteiger partial charge in [-0.3, -0.25) is 9.59 Å². The Hall–Kier alpha value is -3.33. The number of nitrogens with zero attached hydrogens (tertiary/aromatic N) is 4. The molecule has 0 saturated heterocycles. The van der Waals surface area contributed by atoms with Crippen molar-refractivity contribution in [1.29, 1.82) is 0 Å². The summed E-state index contributed by atoms with van der Waals surface area (Å²) in [5.74, 6) is 0.335. The number of aryl methyl sites for hydroxylation is 3. The summed E-state index contributed by atoms with van der Waals surface area (Å²) in [6.07, 6.45) is 1.55. The smallest absolute Gasteiger partial charge is 0.270 e. The van der Waals surface area contributed by atoms with Gasteiger partial charge in [0.1, 0.15) is 16.1 Å². The van der Waals surface area contributed by atoms with E-state index in [1.807, 2.05) is 19.2 Å². The molecule has 142 valence electrons. The minimum Gasteiger partial charge on any atom is -0.333 e. The van der Waals surface area contributed by atoms with Crippen molar-refractivity contribution in [2.75, 3.05) is 5.32 Å². The van der Waals surface area contributed by atoms with Gasteiger partial charge >= 0.3 is 0 Å². The van der Waals surface area contributed by atoms with Gasteiger partial charge in [0.2, 0.25) is 5.43 Å². The van der Waals surface area contributed by atoms with Crippen molar-refractivity contribution >= 4 is 34.0 Å². The predicted octanol–water partition coefficient (Wildman–Crippen LogP) is 3.40. The molecule has 0 spiro atoms. The molecule has 0 aliphatic heterocycles. The SMILES string of the molecule is CCn1cc(C(=O)Nc2ccsc2-c2nc(C)no2)c(=O)c2ccc(C)nc21. The lowest BCUT2D eigenvalue weighted by atomic mass is 10.1. The fourth-order valence-corrected chi connectivity index (χ4v) is 3.68. The van der Waals surface area contributed by atoms with Gasteiger partial charge in [0.05, 0.1) is 11.1 Å². The molecule has 0 fully saturated rings. The molecule has 0 radical (unpaired) electrons. The van der Waals surface area contributed by atoms with E-state index in [1.165, 1.54) is 11.3 Å². The van der Waals surface area contributed by atoms with E-state index in [4.69, 9.17) is 4.52 Å². The van der Waals surface area contributed by atoms with E-state index in [2.05, 4.69) is 20.4 Å². The Labute approximate surface area is 163 Å². The quantitative estimate of drug-likeness (QED) is 0.568. The van der Waals surface area contributed by atoms with Gasteiger partial charge in [-0.05, 0) is 44.4 Å². The number of thiophene rings is 1. The molecular formula is C19H17N5O3S. The number of hydrogen-bond donors (Lipinski definition) is 1. The van der Waals surface area contributed by atoms with Crippen LogP contribution in [0.3, 0.4) is 0 Å². The summed E-state index contributed by atoms with van der Waals surface area (Å²) in [4.78, 5) is 35.1. The molecule has 0 atom stereocenters. The molecule has 9 heteroatoms. The molecule has 0 bridgehead atoms. The average molecular weight is 395 g/mol. The molecule has 0 saturated carbocycles. The largest absolute Gasteiger partial charge is 0.333 e. The Morgan fingerprint density at radius 2 is 2.07 bits per heavy atom. The number of carbonyl (C=O) groups excluding carboxylic acids is 1. The van der Waals surface area contributed by atoms with Crippen molar-refractivity contribution in [1.82, 2.24) is 19.7 Å². The van der Waals surface area contributed by atoms with Crippen molar-refractivity contribution in [2.45, 2.75) is 27.3 Å². The lowest BCUT2D eigenvalue weighted by Gasteiger charge is -2.11. The Morgan fingerprint density at radius 3 is 2.79 bits per heavy atom. The maximum absolute atomic E-state index is 12.9. The highest BCUT2D eigenvalue weighted by molar-refractivity contribution is 7.14. The van der Waals surface area contributed by atoms with Gasteiger partial charge in [-0.25, -0.2) is 4.98 Å². The van der Waals surface area contributed by atoms with Crippen molar-refractivity contribution in [3.8, 4) is 10.8 Å². The summed E-state index contributed by atoms with van der Waals surface area (Å²) in [5, 5.41) is 8.79. The van der Waals surface area contributed by atoms with Crippen molar-refractivity contribution in [3.05, 3.63) is 57.1 Å². The van der Waals surface area contributed by atoms with Gasteiger partial charge in [0, 0.05) is 18.4 Å². The second-order valence-corrected chi connectivity index (χ2v) is 7.16. The zero-order valence-corrected chi connectivity index (χ0v) is 16.3. The first-order chi connectivity index (χ1) is 13.5. The number of rotatable bonds is 4. The van der Waals surface area contributed by atoms with Crippen LogP contribution in [-0.4, -0.2) is 25.6 Å². The molecule has 4 heterocycles. The number of aromatic nitrogens is 4. The molecule has 0 aromatic carbocycles. The highest BCUT2D eigenvalue weighted by Crippen LogP contribution is 2.32. The molecule has 0 aliphatic rings. The van der Waals surface area contributed by atoms with Crippen LogP contribution in [0.2, 0.25) is 0 Å². The number of pyridine rings is 2. The van der Waals surface area contributed by atoms with E-state index >= 15 is 0 Å². The van der Waals surface area contributed by atoms with Gasteiger partial charge in [0.15, 0.2) is 5.82 Å².